The number of hydrogen-bond donors (Lipinski definition) is 0. The van der Waals surface area contributed by atoms with Crippen LogP contribution in [0, 0.1) is 17.6 Å². The molecule has 0 aromatic heterocycles. The summed E-state index contributed by atoms with van der Waals surface area (Å²) >= 11 is 0. The summed E-state index contributed by atoms with van der Waals surface area (Å²) in [5.41, 5.74) is -0.123. The van der Waals surface area contributed by atoms with Crippen LogP contribution < -0.4 is 0 Å². The molecule has 124 valence electrons. The molecule has 0 N–H and O–H groups in total. The highest BCUT2D eigenvalue weighted by molar-refractivity contribution is 5.94. The molecule has 1 heterocycles. The first-order valence-electron chi connectivity index (χ1n) is 8.09. The first kappa shape index (κ1) is 15.9. The van der Waals surface area contributed by atoms with Gasteiger partial charge in [-0.05, 0) is 25.0 Å². The second kappa shape index (κ2) is 6.64. The number of piperazine rings is 1. The summed E-state index contributed by atoms with van der Waals surface area (Å²) < 4.78 is 26.6. The van der Waals surface area contributed by atoms with Gasteiger partial charge in [-0.15, -0.1) is 0 Å². The lowest BCUT2D eigenvalue weighted by molar-refractivity contribution is -0.136. The van der Waals surface area contributed by atoms with Crippen LogP contribution >= 0.6 is 0 Å². The first-order chi connectivity index (χ1) is 11.1. The lowest BCUT2D eigenvalue weighted by atomic mass is 10.1. The fourth-order valence-corrected chi connectivity index (χ4v) is 3.39. The molecule has 1 aromatic carbocycles. The summed E-state index contributed by atoms with van der Waals surface area (Å²) in [5, 5.41) is 0. The van der Waals surface area contributed by atoms with E-state index in [1.54, 1.807) is 4.90 Å². The van der Waals surface area contributed by atoms with Gasteiger partial charge in [0.15, 0.2) is 0 Å². The topological polar surface area (TPSA) is 40.6 Å². The van der Waals surface area contributed by atoms with Crippen LogP contribution in [0.1, 0.15) is 36.0 Å². The smallest absolute Gasteiger partial charge is 0.256 e. The van der Waals surface area contributed by atoms with Crippen molar-refractivity contribution in [2.45, 2.75) is 25.7 Å². The Labute approximate surface area is 134 Å². The maximum absolute atomic E-state index is 13.7. The summed E-state index contributed by atoms with van der Waals surface area (Å²) in [4.78, 5) is 28.0. The third-order valence-corrected chi connectivity index (χ3v) is 4.74. The second-order valence-electron chi connectivity index (χ2n) is 6.22. The van der Waals surface area contributed by atoms with Crippen molar-refractivity contribution in [2.24, 2.45) is 5.92 Å². The minimum absolute atomic E-state index is 0.123. The molecule has 0 radical (unpaired) electrons. The summed E-state index contributed by atoms with van der Waals surface area (Å²) in [5.74, 6) is -1.68. The molecule has 6 heteroatoms. The monoisotopic (exact) mass is 322 g/mol. The number of carbonyl (C=O) groups is 2. The molecule has 23 heavy (non-hydrogen) atoms. The van der Waals surface area contributed by atoms with Crippen LogP contribution in [0.2, 0.25) is 0 Å². The van der Waals surface area contributed by atoms with Gasteiger partial charge in [-0.1, -0.05) is 12.8 Å². The Morgan fingerprint density at radius 3 is 2.17 bits per heavy atom. The largest absolute Gasteiger partial charge is 0.339 e. The van der Waals surface area contributed by atoms with Gasteiger partial charge in [0.25, 0.3) is 5.91 Å². The molecule has 3 rings (SSSR count). The molecule has 0 unspecified atom stereocenters. The van der Waals surface area contributed by atoms with Crippen molar-refractivity contribution < 1.29 is 18.4 Å². The van der Waals surface area contributed by atoms with Crippen molar-refractivity contribution in [3.05, 3.63) is 35.4 Å². The van der Waals surface area contributed by atoms with Crippen LogP contribution in [0.15, 0.2) is 18.2 Å². The van der Waals surface area contributed by atoms with E-state index in [9.17, 15) is 18.4 Å². The zero-order chi connectivity index (χ0) is 16.4. The van der Waals surface area contributed by atoms with E-state index in [1.807, 2.05) is 0 Å². The van der Waals surface area contributed by atoms with Gasteiger partial charge in [0.1, 0.15) is 11.6 Å². The highest BCUT2D eigenvalue weighted by atomic mass is 19.1. The molecule has 1 saturated heterocycles. The van der Waals surface area contributed by atoms with Crippen molar-refractivity contribution in [1.29, 1.82) is 0 Å². The molecule has 2 fully saturated rings. The van der Waals surface area contributed by atoms with E-state index in [-0.39, 0.29) is 17.4 Å². The Morgan fingerprint density at radius 1 is 0.957 bits per heavy atom. The Balaban J connectivity index is 1.60. The number of halogens is 2. The fraction of sp³-hybridized carbons (Fsp3) is 0.529. The number of hydrogen-bond acceptors (Lipinski definition) is 2. The number of amides is 2. The average Bonchev–Trinajstić information content (AvgIpc) is 3.08. The lowest BCUT2D eigenvalue weighted by Gasteiger charge is -2.36. The predicted octanol–water partition coefficient (Wildman–Crippen LogP) is 2.44. The van der Waals surface area contributed by atoms with E-state index >= 15 is 0 Å². The minimum atomic E-state index is -0.848. The summed E-state index contributed by atoms with van der Waals surface area (Å²) in [6.45, 7) is 1.72. The molecule has 0 atom stereocenters. The molecule has 2 aliphatic rings. The molecule has 1 aromatic rings. The molecule has 1 aliphatic carbocycles. The Bertz CT molecular complexity index is 607. The molecule has 0 bridgehead atoms. The molecule has 4 nitrogen and oxygen atoms in total. The van der Waals surface area contributed by atoms with Crippen molar-refractivity contribution >= 4 is 11.8 Å². The Morgan fingerprint density at radius 2 is 1.57 bits per heavy atom. The maximum Gasteiger partial charge on any atom is 0.256 e. The van der Waals surface area contributed by atoms with Gasteiger partial charge in [-0.25, -0.2) is 8.78 Å². The van der Waals surface area contributed by atoms with Crippen molar-refractivity contribution in [3.63, 3.8) is 0 Å². The molecule has 2 amide bonds. The van der Waals surface area contributed by atoms with E-state index < -0.39 is 17.5 Å². The molecule has 1 saturated carbocycles. The van der Waals surface area contributed by atoms with Crippen LogP contribution in [-0.4, -0.2) is 47.8 Å². The number of rotatable bonds is 2. The van der Waals surface area contributed by atoms with E-state index in [0.29, 0.717) is 32.2 Å². The first-order valence-corrected chi connectivity index (χ1v) is 8.09. The van der Waals surface area contributed by atoms with Gasteiger partial charge in [0.2, 0.25) is 5.91 Å². The zero-order valence-corrected chi connectivity index (χ0v) is 12.9. The van der Waals surface area contributed by atoms with Gasteiger partial charge >= 0.3 is 0 Å². The minimum Gasteiger partial charge on any atom is -0.339 e. The normalized spacial score (nSPS) is 19.2. The summed E-state index contributed by atoms with van der Waals surface area (Å²) in [6.07, 6.45) is 4.13. The number of carbonyl (C=O) groups excluding carboxylic acids is 2. The second-order valence-corrected chi connectivity index (χ2v) is 6.22. The van der Waals surface area contributed by atoms with Gasteiger partial charge < -0.3 is 9.80 Å². The van der Waals surface area contributed by atoms with Crippen molar-refractivity contribution in [2.75, 3.05) is 26.2 Å². The van der Waals surface area contributed by atoms with Crippen LogP contribution in [0.3, 0.4) is 0 Å². The standard InChI is InChI=1S/C17H20F2N2O2/c18-13-5-6-14(15(19)11-13)17(23)21-9-7-20(8-10-21)16(22)12-3-1-2-4-12/h5-6,11-12H,1-4,7-10H2. The van der Waals surface area contributed by atoms with Gasteiger partial charge in [0.05, 0.1) is 5.56 Å². The molecular weight excluding hydrogens is 302 g/mol. The van der Waals surface area contributed by atoms with Crippen molar-refractivity contribution in [1.82, 2.24) is 9.80 Å². The number of benzene rings is 1. The van der Waals surface area contributed by atoms with Gasteiger partial charge in [0, 0.05) is 38.2 Å². The quantitative estimate of drug-likeness (QED) is 0.839. The van der Waals surface area contributed by atoms with E-state index in [2.05, 4.69) is 0 Å². The fourth-order valence-electron chi connectivity index (χ4n) is 3.39. The van der Waals surface area contributed by atoms with Crippen LogP contribution in [0.4, 0.5) is 8.78 Å². The van der Waals surface area contributed by atoms with Crippen LogP contribution in [0.5, 0.6) is 0 Å². The van der Waals surface area contributed by atoms with E-state index in [1.165, 1.54) is 11.0 Å². The van der Waals surface area contributed by atoms with E-state index in [4.69, 9.17) is 0 Å². The highest BCUT2D eigenvalue weighted by Crippen LogP contribution is 2.27. The summed E-state index contributed by atoms with van der Waals surface area (Å²) in [7, 11) is 0. The number of nitrogens with zero attached hydrogens (tertiary/aromatic N) is 2. The molecule has 1 aliphatic heterocycles. The third kappa shape index (κ3) is 3.35. The van der Waals surface area contributed by atoms with Gasteiger partial charge in [-0.3, -0.25) is 9.59 Å². The third-order valence-electron chi connectivity index (χ3n) is 4.74. The van der Waals surface area contributed by atoms with Crippen LogP contribution in [-0.2, 0) is 4.79 Å². The lowest BCUT2D eigenvalue weighted by Crippen LogP contribution is -2.51. The van der Waals surface area contributed by atoms with E-state index in [0.717, 1.165) is 31.7 Å². The Hall–Kier alpha value is -1.98. The summed E-state index contributed by atoms with van der Waals surface area (Å²) in [6, 6.07) is 2.96. The average molecular weight is 322 g/mol. The van der Waals surface area contributed by atoms with Crippen molar-refractivity contribution in [3.8, 4) is 0 Å². The maximum atomic E-state index is 13.7. The predicted molar refractivity (Wildman–Crippen MR) is 80.8 cm³/mol. The molecule has 0 spiro atoms. The molecular formula is C17H20F2N2O2. The van der Waals surface area contributed by atoms with Crippen LogP contribution in [0.25, 0.3) is 0 Å². The zero-order valence-electron chi connectivity index (χ0n) is 12.9. The van der Waals surface area contributed by atoms with Gasteiger partial charge in [-0.2, -0.15) is 0 Å². The highest BCUT2D eigenvalue weighted by Gasteiger charge is 2.31. The Kier molecular flexibility index (Phi) is 4.59. The SMILES string of the molecule is O=C(c1ccc(F)cc1F)N1CCN(C(=O)C2CCCC2)CC1.